The maximum atomic E-state index is 11.5. The predicted molar refractivity (Wildman–Crippen MR) is 71.9 cm³/mol. The molecule has 1 aromatic heterocycles. The average molecular weight is 257 g/mol. The summed E-state index contributed by atoms with van der Waals surface area (Å²) in [4.78, 5) is 15.6. The lowest BCUT2D eigenvalue weighted by atomic mass is 10.2. The highest BCUT2D eigenvalue weighted by Crippen LogP contribution is 2.26. The zero-order valence-electron chi connectivity index (χ0n) is 10.9. The van der Waals surface area contributed by atoms with Crippen LogP contribution >= 0.6 is 0 Å². The molecular formula is C15H15NO3. The summed E-state index contributed by atoms with van der Waals surface area (Å²) >= 11 is 0. The molecule has 0 aliphatic heterocycles. The van der Waals surface area contributed by atoms with Crippen molar-refractivity contribution in [2.75, 3.05) is 6.61 Å². The van der Waals surface area contributed by atoms with E-state index in [0.29, 0.717) is 23.8 Å². The van der Waals surface area contributed by atoms with Gasteiger partial charge in [0.25, 0.3) is 0 Å². The van der Waals surface area contributed by atoms with E-state index in [1.54, 1.807) is 30.5 Å². The first-order valence-corrected chi connectivity index (χ1v) is 6.07. The molecule has 0 aliphatic carbocycles. The minimum atomic E-state index is -0.0796. The monoisotopic (exact) mass is 257 g/mol. The van der Waals surface area contributed by atoms with Crippen LogP contribution in [0.3, 0.4) is 0 Å². The highest BCUT2D eigenvalue weighted by atomic mass is 16.5. The van der Waals surface area contributed by atoms with Gasteiger partial charge < -0.3 is 9.47 Å². The fourth-order valence-corrected chi connectivity index (χ4v) is 1.65. The molecule has 19 heavy (non-hydrogen) atoms. The van der Waals surface area contributed by atoms with Crippen molar-refractivity contribution in [3.63, 3.8) is 0 Å². The second kappa shape index (κ2) is 6.00. The van der Waals surface area contributed by atoms with Gasteiger partial charge in [-0.1, -0.05) is 6.07 Å². The summed E-state index contributed by atoms with van der Waals surface area (Å²) in [5, 5.41) is 0. The third-order valence-electron chi connectivity index (χ3n) is 2.48. The summed E-state index contributed by atoms with van der Waals surface area (Å²) in [6, 6.07) is 10.6. The molecule has 0 amide bonds. The van der Waals surface area contributed by atoms with Gasteiger partial charge in [-0.05, 0) is 38.1 Å². The van der Waals surface area contributed by atoms with Crippen LogP contribution in [-0.2, 0) is 0 Å². The third-order valence-corrected chi connectivity index (χ3v) is 2.48. The average Bonchev–Trinajstić information content (AvgIpc) is 2.40. The SMILES string of the molecule is CCOc1cccc(Oc2ncccc2C(C)=O)c1. The summed E-state index contributed by atoms with van der Waals surface area (Å²) in [6.07, 6.45) is 1.59. The van der Waals surface area contributed by atoms with Gasteiger partial charge in [0.1, 0.15) is 11.5 Å². The Labute approximate surface area is 112 Å². The molecule has 0 spiro atoms. The molecule has 2 aromatic rings. The highest BCUT2D eigenvalue weighted by molar-refractivity contribution is 5.96. The van der Waals surface area contributed by atoms with Gasteiger partial charge in [0.05, 0.1) is 12.2 Å². The topological polar surface area (TPSA) is 48.4 Å². The molecule has 4 nitrogen and oxygen atoms in total. The van der Waals surface area contributed by atoms with Crippen LogP contribution in [0.2, 0.25) is 0 Å². The summed E-state index contributed by atoms with van der Waals surface area (Å²) in [5.74, 6) is 1.54. The Morgan fingerprint density at radius 1 is 1.21 bits per heavy atom. The van der Waals surface area contributed by atoms with Gasteiger partial charge >= 0.3 is 0 Å². The molecule has 2 rings (SSSR count). The Kier molecular flexibility index (Phi) is 4.13. The number of hydrogen-bond donors (Lipinski definition) is 0. The number of ether oxygens (including phenoxy) is 2. The minimum absolute atomic E-state index is 0.0796. The number of nitrogens with zero attached hydrogens (tertiary/aromatic N) is 1. The highest BCUT2D eigenvalue weighted by Gasteiger charge is 2.10. The van der Waals surface area contributed by atoms with Gasteiger partial charge in [0.15, 0.2) is 5.78 Å². The second-order valence-corrected chi connectivity index (χ2v) is 3.92. The molecule has 0 saturated heterocycles. The smallest absolute Gasteiger partial charge is 0.230 e. The van der Waals surface area contributed by atoms with Crippen molar-refractivity contribution in [3.05, 3.63) is 48.2 Å². The van der Waals surface area contributed by atoms with Gasteiger partial charge in [-0.15, -0.1) is 0 Å². The molecular weight excluding hydrogens is 242 g/mol. The van der Waals surface area contributed by atoms with E-state index >= 15 is 0 Å². The maximum absolute atomic E-state index is 11.5. The van der Waals surface area contributed by atoms with Crippen LogP contribution < -0.4 is 9.47 Å². The zero-order valence-corrected chi connectivity index (χ0v) is 10.9. The maximum Gasteiger partial charge on any atom is 0.230 e. The molecule has 4 heteroatoms. The van der Waals surface area contributed by atoms with Crippen LogP contribution in [0.25, 0.3) is 0 Å². The lowest BCUT2D eigenvalue weighted by molar-refractivity contribution is 0.101. The second-order valence-electron chi connectivity index (χ2n) is 3.92. The van der Waals surface area contributed by atoms with Gasteiger partial charge in [0, 0.05) is 12.3 Å². The van der Waals surface area contributed by atoms with Crippen LogP contribution in [0.1, 0.15) is 24.2 Å². The van der Waals surface area contributed by atoms with Crippen LogP contribution in [0.4, 0.5) is 0 Å². The largest absolute Gasteiger partial charge is 0.494 e. The van der Waals surface area contributed by atoms with E-state index in [1.165, 1.54) is 6.92 Å². The summed E-state index contributed by atoms with van der Waals surface area (Å²) in [6.45, 7) is 3.99. The van der Waals surface area contributed by atoms with E-state index in [9.17, 15) is 4.79 Å². The molecule has 1 aromatic carbocycles. The van der Waals surface area contributed by atoms with E-state index in [2.05, 4.69) is 4.98 Å². The molecule has 1 heterocycles. The molecule has 0 unspecified atom stereocenters. The standard InChI is InChI=1S/C15H15NO3/c1-3-18-12-6-4-7-13(10-12)19-15-14(11(2)17)8-5-9-16-15/h4-10H,3H2,1-2H3. The predicted octanol–water partition coefficient (Wildman–Crippen LogP) is 3.48. The van der Waals surface area contributed by atoms with Crippen LogP contribution in [0.15, 0.2) is 42.6 Å². The van der Waals surface area contributed by atoms with E-state index in [1.807, 2.05) is 19.1 Å². The Balaban J connectivity index is 2.26. The van der Waals surface area contributed by atoms with Crippen molar-refractivity contribution in [3.8, 4) is 17.4 Å². The van der Waals surface area contributed by atoms with Crippen molar-refractivity contribution in [1.82, 2.24) is 4.98 Å². The summed E-state index contributed by atoms with van der Waals surface area (Å²) < 4.78 is 11.0. The van der Waals surface area contributed by atoms with Gasteiger partial charge in [-0.3, -0.25) is 4.79 Å². The van der Waals surface area contributed by atoms with E-state index in [4.69, 9.17) is 9.47 Å². The lowest BCUT2D eigenvalue weighted by Crippen LogP contribution is -1.99. The number of pyridine rings is 1. The number of benzene rings is 1. The summed E-state index contributed by atoms with van der Waals surface area (Å²) in [7, 11) is 0. The fourth-order valence-electron chi connectivity index (χ4n) is 1.65. The number of rotatable bonds is 5. The number of hydrogen-bond acceptors (Lipinski definition) is 4. The van der Waals surface area contributed by atoms with Crippen molar-refractivity contribution in [1.29, 1.82) is 0 Å². The quantitative estimate of drug-likeness (QED) is 0.769. The van der Waals surface area contributed by atoms with Crippen molar-refractivity contribution in [2.24, 2.45) is 0 Å². The molecule has 0 fully saturated rings. The van der Waals surface area contributed by atoms with Crippen molar-refractivity contribution < 1.29 is 14.3 Å². The van der Waals surface area contributed by atoms with Crippen molar-refractivity contribution in [2.45, 2.75) is 13.8 Å². The number of carbonyl (C=O) groups excluding carboxylic acids is 1. The van der Waals surface area contributed by atoms with E-state index in [-0.39, 0.29) is 5.78 Å². The Hall–Kier alpha value is -2.36. The van der Waals surface area contributed by atoms with E-state index in [0.717, 1.165) is 5.75 Å². The number of carbonyl (C=O) groups is 1. The van der Waals surface area contributed by atoms with Crippen LogP contribution in [0.5, 0.6) is 17.4 Å². The first-order chi connectivity index (χ1) is 9.20. The first kappa shape index (κ1) is 13.1. The lowest BCUT2D eigenvalue weighted by Gasteiger charge is -2.09. The molecule has 0 bridgehead atoms. The van der Waals surface area contributed by atoms with Gasteiger partial charge in [0.2, 0.25) is 5.88 Å². The zero-order chi connectivity index (χ0) is 13.7. The fraction of sp³-hybridized carbons (Fsp3) is 0.200. The molecule has 0 N–H and O–H groups in total. The number of ketones is 1. The molecule has 98 valence electrons. The molecule has 0 aliphatic rings. The van der Waals surface area contributed by atoms with E-state index < -0.39 is 0 Å². The number of Topliss-reactive ketones (excluding diaryl/α,β-unsaturated/α-hetero) is 1. The Morgan fingerprint density at radius 3 is 2.74 bits per heavy atom. The van der Waals surface area contributed by atoms with Crippen molar-refractivity contribution >= 4 is 5.78 Å². The normalized spacial score (nSPS) is 10.0. The number of aromatic nitrogens is 1. The van der Waals surface area contributed by atoms with Crippen LogP contribution in [-0.4, -0.2) is 17.4 Å². The molecule has 0 atom stereocenters. The molecule has 0 saturated carbocycles. The summed E-state index contributed by atoms with van der Waals surface area (Å²) in [5.41, 5.74) is 0.462. The van der Waals surface area contributed by atoms with Crippen LogP contribution in [0, 0.1) is 0 Å². The first-order valence-electron chi connectivity index (χ1n) is 6.07. The third kappa shape index (κ3) is 3.31. The Morgan fingerprint density at radius 2 is 2.00 bits per heavy atom. The van der Waals surface area contributed by atoms with Gasteiger partial charge in [-0.2, -0.15) is 0 Å². The minimum Gasteiger partial charge on any atom is -0.494 e. The Bertz CT molecular complexity index is 581. The van der Waals surface area contributed by atoms with Gasteiger partial charge in [-0.25, -0.2) is 4.98 Å². The molecule has 0 radical (unpaired) electrons.